The van der Waals surface area contributed by atoms with E-state index < -0.39 is 5.60 Å². The van der Waals surface area contributed by atoms with Gasteiger partial charge in [-0.2, -0.15) is 0 Å². The highest BCUT2D eigenvalue weighted by atomic mass is 35.5. The molecule has 0 saturated carbocycles. The van der Waals surface area contributed by atoms with E-state index in [2.05, 4.69) is 11.9 Å². The van der Waals surface area contributed by atoms with Crippen LogP contribution in [0, 0.1) is 0 Å². The van der Waals surface area contributed by atoms with Crippen LogP contribution in [0.4, 0.5) is 4.79 Å². The maximum atomic E-state index is 12.2. The number of carbonyl (C=O) groups is 1. The average Bonchev–Trinajstić information content (AvgIpc) is 3.02. The van der Waals surface area contributed by atoms with Gasteiger partial charge in [-0.3, -0.25) is 0 Å². The predicted octanol–water partition coefficient (Wildman–Crippen LogP) is 3.38. The number of likely N-dealkylation sites (tertiary alicyclic amines) is 1. The van der Waals surface area contributed by atoms with E-state index in [1.54, 1.807) is 15.7 Å². The first-order valence-electron chi connectivity index (χ1n) is 7.94. The largest absolute Gasteiger partial charge is 0.444 e. The van der Waals surface area contributed by atoms with Gasteiger partial charge in [-0.1, -0.05) is 18.5 Å². The minimum Gasteiger partial charge on any atom is -0.444 e. The fourth-order valence-corrected chi connectivity index (χ4v) is 2.76. The summed E-state index contributed by atoms with van der Waals surface area (Å²) < 4.78 is 13.4. The first kappa shape index (κ1) is 18.1. The number of amides is 1. The lowest BCUT2D eigenvalue weighted by atomic mass is 10.00. The summed E-state index contributed by atoms with van der Waals surface area (Å²) in [7, 11) is 1.86. The third kappa shape index (κ3) is 4.38. The molecule has 1 atom stereocenters. The van der Waals surface area contributed by atoms with Crippen LogP contribution in [0.2, 0.25) is 5.15 Å². The Morgan fingerprint density at radius 3 is 2.70 bits per heavy atom. The second kappa shape index (κ2) is 6.69. The van der Waals surface area contributed by atoms with Crippen molar-refractivity contribution in [2.24, 2.45) is 7.05 Å². The van der Waals surface area contributed by atoms with Crippen molar-refractivity contribution in [3.05, 3.63) is 17.2 Å². The van der Waals surface area contributed by atoms with Crippen LogP contribution in [-0.2, 0) is 23.1 Å². The first-order valence-corrected chi connectivity index (χ1v) is 8.31. The molecule has 1 aliphatic heterocycles. The van der Waals surface area contributed by atoms with Crippen LogP contribution in [0.25, 0.3) is 0 Å². The molecule has 130 valence electrons. The van der Waals surface area contributed by atoms with E-state index in [0.29, 0.717) is 24.8 Å². The van der Waals surface area contributed by atoms with Crippen LogP contribution < -0.4 is 0 Å². The number of rotatable bonds is 4. The molecule has 2 heterocycles. The second-order valence-electron chi connectivity index (χ2n) is 7.03. The number of carbonyl (C=O) groups excluding carboxylic acids is 1. The van der Waals surface area contributed by atoms with E-state index >= 15 is 0 Å². The van der Waals surface area contributed by atoms with E-state index in [1.807, 2.05) is 27.8 Å². The van der Waals surface area contributed by atoms with Gasteiger partial charge in [0, 0.05) is 13.6 Å². The number of ether oxygens (including phenoxy) is 2. The second-order valence-corrected chi connectivity index (χ2v) is 7.42. The number of hydrogen-bond acceptors (Lipinski definition) is 4. The molecule has 0 aromatic carbocycles. The SMILES string of the molecule is CCC1(OCc2ncc(Cl)n2C)CCN(C(=O)OC(C)(C)C)C1. The van der Waals surface area contributed by atoms with Gasteiger partial charge < -0.3 is 18.9 Å². The van der Waals surface area contributed by atoms with Crippen LogP contribution >= 0.6 is 11.6 Å². The van der Waals surface area contributed by atoms with Crippen molar-refractivity contribution in [2.75, 3.05) is 13.1 Å². The fraction of sp³-hybridized carbons (Fsp3) is 0.750. The van der Waals surface area contributed by atoms with Crippen molar-refractivity contribution < 1.29 is 14.3 Å². The van der Waals surface area contributed by atoms with E-state index in [9.17, 15) is 4.79 Å². The van der Waals surface area contributed by atoms with Crippen molar-refractivity contribution >= 4 is 17.7 Å². The highest BCUT2D eigenvalue weighted by Crippen LogP contribution is 2.31. The van der Waals surface area contributed by atoms with Crippen molar-refractivity contribution in [3.63, 3.8) is 0 Å². The Bertz CT molecular complexity index is 567. The molecule has 6 nitrogen and oxygen atoms in total. The average molecular weight is 344 g/mol. The number of halogens is 1. The molecular formula is C16H26ClN3O3. The minimum atomic E-state index is -0.487. The normalized spacial score (nSPS) is 21.7. The van der Waals surface area contributed by atoms with Crippen LogP contribution in [0.3, 0.4) is 0 Å². The Morgan fingerprint density at radius 1 is 1.48 bits per heavy atom. The van der Waals surface area contributed by atoms with Crippen LogP contribution in [0.1, 0.15) is 46.4 Å². The van der Waals surface area contributed by atoms with Crippen LogP contribution in [0.15, 0.2) is 6.20 Å². The summed E-state index contributed by atoms with van der Waals surface area (Å²) in [5.74, 6) is 0.776. The lowest BCUT2D eigenvalue weighted by molar-refractivity contribution is -0.0558. The standard InChI is InChI=1S/C16H26ClN3O3/c1-6-16(22-10-13-18-9-12(17)19(13)5)7-8-20(11-16)14(21)23-15(2,3)4/h9H,6-8,10-11H2,1-5H3. The summed E-state index contributed by atoms with van der Waals surface area (Å²) in [5, 5.41) is 0.580. The molecule has 0 N–H and O–H groups in total. The zero-order chi connectivity index (χ0) is 17.3. The Hall–Kier alpha value is -1.27. The molecule has 2 rings (SSSR count). The highest BCUT2D eigenvalue weighted by Gasteiger charge is 2.41. The summed E-state index contributed by atoms with van der Waals surface area (Å²) in [5.41, 5.74) is -0.839. The summed E-state index contributed by atoms with van der Waals surface area (Å²) in [6, 6.07) is 0. The van der Waals surface area contributed by atoms with Gasteiger partial charge in [0.05, 0.1) is 18.3 Å². The Kier molecular flexibility index (Phi) is 5.26. The summed E-state index contributed by atoms with van der Waals surface area (Å²) in [4.78, 5) is 18.2. The van der Waals surface area contributed by atoms with E-state index in [0.717, 1.165) is 18.7 Å². The maximum absolute atomic E-state index is 12.2. The number of nitrogens with zero attached hydrogens (tertiary/aromatic N) is 3. The van der Waals surface area contributed by atoms with Crippen molar-refractivity contribution in [2.45, 2.75) is 58.3 Å². The van der Waals surface area contributed by atoms with E-state index in [4.69, 9.17) is 21.1 Å². The van der Waals surface area contributed by atoms with Crippen LogP contribution in [-0.4, -0.2) is 44.8 Å². The summed E-state index contributed by atoms with van der Waals surface area (Å²) in [6.45, 7) is 9.24. The lowest BCUT2D eigenvalue weighted by Gasteiger charge is -2.29. The van der Waals surface area contributed by atoms with Gasteiger partial charge in [-0.25, -0.2) is 9.78 Å². The van der Waals surface area contributed by atoms with Gasteiger partial charge in [-0.15, -0.1) is 0 Å². The molecule has 1 fully saturated rings. The highest BCUT2D eigenvalue weighted by molar-refractivity contribution is 6.29. The topological polar surface area (TPSA) is 56.6 Å². The quantitative estimate of drug-likeness (QED) is 0.841. The van der Waals surface area contributed by atoms with Crippen LogP contribution in [0.5, 0.6) is 0 Å². The predicted molar refractivity (Wildman–Crippen MR) is 88.5 cm³/mol. The Balaban J connectivity index is 1.97. The summed E-state index contributed by atoms with van der Waals surface area (Å²) >= 11 is 6.00. The Morgan fingerprint density at radius 2 is 2.17 bits per heavy atom. The molecular weight excluding hydrogens is 318 g/mol. The zero-order valence-corrected chi connectivity index (χ0v) is 15.3. The molecule has 1 amide bonds. The van der Waals surface area contributed by atoms with Crippen molar-refractivity contribution in [1.29, 1.82) is 0 Å². The Labute approximate surface area is 142 Å². The number of imidazole rings is 1. The number of hydrogen-bond donors (Lipinski definition) is 0. The van der Waals surface area contributed by atoms with Gasteiger partial charge in [0.2, 0.25) is 0 Å². The molecule has 1 aliphatic rings. The fourth-order valence-electron chi connectivity index (χ4n) is 2.61. The molecule has 1 saturated heterocycles. The monoisotopic (exact) mass is 343 g/mol. The molecule has 0 radical (unpaired) electrons. The maximum Gasteiger partial charge on any atom is 0.410 e. The van der Waals surface area contributed by atoms with Gasteiger partial charge >= 0.3 is 6.09 Å². The molecule has 1 aromatic heterocycles. The lowest BCUT2D eigenvalue weighted by Crippen LogP contribution is -2.40. The van der Waals surface area contributed by atoms with E-state index in [-0.39, 0.29) is 11.7 Å². The van der Waals surface area contributed by atoms with Gasteiger partial charge in [0.1, 0.15) is 23.2 Å². The first-order chi connectivity index (χ1) is 10.7. The molecule has 1 aromatic rings. The van der Waals surface area contributed by atoms with Gasteiger partial charge in [0.25, 0.3) is 0 Å². The molecule has 23 heavy (non-hydrogen) atoms. The molecule has 0 spiro atoms. The smallest absolute Gasteiger partial charge is 0.410 e. The summed E-state index contributed by atoms with van der Waals surface area (Å²) in [6.07, 6.45) is 2.95. The molecule has 7 heteroatoms. The molecule has 0 aliphatic carbocycles. The van der Waals surface area contributed by atoms with Crippen molar-refractivity contribution in [1.82, 2.24) is 14.5 Å². The number of aromatic nitrogens is 2. The minimum absolute atomic E-state index is 0.281. The zero-order valence-electron chi connectivity index (χ0n) is 14.6. The van der Waals surface area contributed by atoms with Gasteiger partial charge in [-0.05, 0) is 33.6 Å². The van der Waals surface area contributed by atoms with Gasteiger partial charge in [0.15, 0.2) is 0 Å². The van der Waals surface area contributed by atoms with E-state index in [1.165, 1.54) is 0 Å². The van der Waals surface area contributed by atoms with Crippen molar-refractivity contribution in [3.8, 4) is 0 Å². The third-order valence-corrected chi connectivity index (χ3v) is 4.50. The third-order valence-electron chi connectivity index (χ3n) is 4.15. The molecule has 1 unspecified atom stereocenters. The molecule has 0 bridgehead atoms.